The van der Waals surface area contributed by atoms with E-state index < -0.39 is 10.0 Å². The van der Waals surface area contributed by atoms with Crippen LogP contribution in [0.2, 0.25) is 0 Å². The fourth-order valence-corrected chi connectivity index (χ4v) is 4.65. The second-order valence-electron chi connectivity index (χ2n) is 7.08. The van der Waals surface area contributed by atoms with Gasteiger partial charge >= 0.3 is 0 Å². The Morgan fingerprint density at radius 2 is 1.75 bits per heavy atom. The number of nitrogens with one attached hydrogen (secondary N) is 1. The smallest absolute Gasteiger partial charge is 0.244 e. The lowest BCUT2D eigenvalue weighted by atomic mass is 10.2. The summed E-state index contributed by atoms with van der Waals surface area (Å²) in [5.41, 5.74) is 2.38. The zero-order chi connectivity index (χ0) is 20.6. The van der Waals surface area contributed by atoms with E-state index in [4.69, 9.17) is 0 Å². The summed E-state index contributed by atoms with van der Waals surface area (Å²) in [5.74, 6) is -0.277. The Labute approximate surface area is 168 Å². The lowest BCUT2D eigenvalue weighted by molar-refractivity contribution is -0.121. The summed E-state index contributed by atoms with van der Waals surface area (Å²) >= 11 is 0. The topological polar surface area (TPSA) is 66.5 Å². The van der Waals surface area contributed by atoms with Gasteiger partial charge in [0.15, 0.2) is 0 Å². The summed E-state index contributed by atoms with van der Waals surface area (Å²) in [4.78, 5) is 12.7. The van der Waals surface area contributed by atoms with E-state index in [1.165, 1.54) is 4.31 Å². The van der Waals surface area contributed by atoms with E-state index in [-0.39, 0.29) is 23.9 Å². The lowest BCUT2D eigenvalue weighted by Gasteiger charge is -2.23. The van der Waals surface area contributed by atoms with Crippen molar-refractivity contribution in [2.24, 2.45) is 0 Å². The van der Waals surface area contributed by atoms with Crippen molar-refractivity contribution in [1.29, 1.82) is 0 Å². The van der Waals surface area contributed by atoms with Crippen molar-refractivity contribution < 1.29 is 13.2 Å². The number of rotatable bonds is 10. The third-order valence-electron chi connectivity index (χ3n) is 4.59. The predicted octanol–water partition coefficient (Wildman–Crippen LogP) is 3.80. The monoisotopic (exact) mass is 402 g/mol. The molecule has 6 heteroatoms. The Balaban J connectivity index is 2.26. The molecule has 0 atom stereocenters. The van der Waals surface area contributed by atoms with Crippen LogP contribution >= 0.6 is 0 Å². The first-order valence-corrected chi connectivity index (χ1v) is 11.2. The van der Waals surface area contributed by atoms with E-state index in [1.807, 2.05) is 43.3 Å². The molecule has 0 saturated carbocycles. The number of unbranched alkanes of at least 4 members (excludes halogenated alkanes) is 2. The van der Waals surface area contributed by atoms with Crippen molar-refractivity contribution in [2.45, 2.75) is 51.5 Å². The first kappa shape index (κ1) is 22.1. The summed E-state index contributed by atoms with van der Waals surface area (Å²) in [6.07, 6.45) is 3.00. The first-order chi connectivity index (χ1) is 13.3. The van der Waals surface area contributed by atoms with Gasteiger partial charge in [-0.05, 0) is 43.0 Å². The molecule has 1 N–H and O–H groups in total. The van der Waals surface area contributed by atoms with E-state index in [9.17, 15) is 13.2 Å². The summed E-state index contributed by atoms with van der Waals surface area (Å²) in [5, 5.41) is 2.84. The van der Waals surface area contributed by atoms with Gasteiger partial charge in [-0.2, -0.15) is 4.31 Å². The Hall–Kier alpha value is -2.18. The molecule has 0 aliphatic heterocycles. The lowest BCUT2D eigenvalue weighted by Crippen LogP contribution is -2.40. The molecule has 0 spiro atoms. The van der Waals surface area contributed by atoms with E-state index >= 15 is 0 Å². The van der Waals surface area contributed by atoms with Crippen molar-refractivity contribution >= 4 is 15.9 Å². The minimum atomic E-state index is -3.81. The molecule has 2 aromatic rings. The minimum absolute atomic E-state index is 0.152. The standard InChI is InChI=1S/C22H30N2O3S/c1-4-5-9-14-23-22(25)17-24(16-20-10-7-6-8-11-20)28(26,27)21-15-18(2)12-13-19(21)3/h6-8,10-13,15H,4-5,9,14,16-17H2,1-3H3,(H,23,25). The van der Waals surface area contributed by atoms with Crippen LogP contribution in [-0.4, -0.2) is 31.7 Å². The van der Waals surface area contributed by atoms with Crippen LogP contribution in [0.4, 0.5) is 0 Å². The van der Waals surface area contributed by atoms with Gasteiger partial charge in [-0.15, -0.1) is 0 Å². The molecule has 5 nitrogen and oxygen atoms in total. The average Bonchev–Trinajstić information content (AvgIpc) is 2.67. The van der Waals surface area contributed by atoms with Crippen LogP contribution in [0.1, 0.15) is 42.9 Å². The average molecular weight is 403 g/mol. The van der Waals surface area contributed by atoms with Crippen molar-refractivity contribution in [2.75, 3.05) is 13.1 Å². The molecule has 0 aliphatic carbocycles. The maximum absolute atomic E-state index is 13.4. The fourth-order valence-electron chi connectivity index (χ4n) is 2.96. The van der Waals surface area contributed by atoms with Crippen molar-refractivity contribution in [1.82, 2.24) is 9.62 Å². The van der Waals surface area contributed by atoms with Gasteiger partial charge in [-0.25, -0.2) is 8.42 Å². The normalized spacial score (nSPS) is 11.6. The number of carbonyl (C=O) groups excluding carboxylic acids is 1. The SMILES string of the molecule is CCCCCNC(=O)CN(Cc1ccccc1)S(=O)(=O)c1cc(C)ccc1C. The molecule has 0 radical (unpaired) electrons. The van der Waals surface area contributed by atoms with Crippen LogP contribution in [0.3, 0.4) is 0 Å². The van der Waals surface area contributed by atoms with Crippen LogP contribution in [0, 0.1) is 13.8 Å². The number of amides is 1. The van der Waals surface area contributed by atoms with Gasteiger partial charge < -0.3 is 5.32 Å². The van der Waals surface area contributed by atoms with Gasteiger partial charge in [-0.1, -0.05) is 62.2 Å². The van der Waals surface area contributed by atoms with Crippen LogP contribution in [-0.2, 0) is 21.4 Å². The number of carbonyl (C=O) groups is 1. The minimum Gasteiger partial charge on any atom is -0.355 e. The highest BCUT2D eigenvalue weighted by atomic mass is 32.2. The third kappa shape index (κ3) is 6.17. The molecule has 1 amide bonds. The second kappa shape index (κ2) is 10.4. The van der Waals surface area contributed by atoms with Gasteiger partial charge in [0.25, 0.3) is 0 Å². The number of hydrogen-bond donors (Lipinski definition) is 1. The van der Waals surface area contributed by atoms with E-state index in [1.54, 1.807) is 19.1 Å². The molecular weight excluding hydrogens is 372 g/mol. The number of hydrogen-bond acceptors (Lipinski definition) is 3. The maximum atomic E-state index is 13.4. The van der Waals surface area contributed by atoms with Crippen LogP contribution in [0.15, 0.2) is 53.4 Å². The van der Waals surface area contributed by atoms with Crippen molar-refractivity contribution in [3.63, 3.8) is 0 Å². The number of benzene rings is 2. The molecule has 28 heavy (non-hydrogen) atoms. The summed E-state index contributed by atoms with van der Waals surface area (Å²) in [7, 11) is -3.81. The number of sulfonamides is 1. The second-order valence-corrected chi connectivity index (χ2v) is 8.99. The molecule has 0 bridgehead atoms. The predicted molar refractivity (Wildman–Crippen MR) is 112 cm³/mol. The number of nitrogens with zero attached hydrogens (tertiary/aromatic N) is 1. The zero-order valence-electron chi connectivity index (χ0n) is 16.9. The van der Waals surface area contributed by atoms with Gasteiger partial charge in [0.05, 0.1) is 11.4 Å². The molecule has 0 aliphatic rings. The fraction of sp³-hybridized carbons (Fsp3) is 0.409. The van der Waals surface area contributed by atoms with Crippen LogP contribution in [0.25, 0.3) is 0 Å². The molecule has 2 rings (SSSR count). The third-order valence-corrected chi connectivity index (χ3v) is 6.52. The molecule has 0 aromatic heterocycles. The maximum Gasteiger partial charge on any atom is 0.244 e. The molecule has 2 aromatic carbocycles. The van der Waals surface area contributed by atoms with Gasteiger partial charge in [-0.3, -0.25) is 4.79 Å². The first-order valence-electron chi connectivity index (χ1n) is 9.72. The molecule has 152 valence electrons. The largest absolute Gasteiger partial charge is 0.355 e. The molecule has 0 heterocycles. The summed E-state index contributed by atoms with van der Waals surface area (Å²) in [6, 6.07) is 14.7. The Morgan fingerprint density at radius 3 is 2.43 bits per heavy atom. The summed E-state index contributed by atoms with van der Waals surface area (Å²) in [6.45, 7) is 6.25. The van der Waals surface area contributed by atoms with E-state index in [0.717, 1.165) is 30.4 Å². The van der Waals surface area contributed by atoms with Crippen molar-refractivity contribution in [3.8, 4) is 0 Å². The van der Waals surface area contributed by atoms with E-state index in [0.29, 0.717) is 12.1 Å². The van der Waals surface area contributed by atoms with Crippen LogP contribution < -0.4 is 5.32 Å². The van der Waals surface area contributed by atoms with Gasteiger partial charge in [0.2, 0.25) is 15.9 Å². The van der Waals surface area contributed by atoms with Crippen LogP contribution in [0.5, 0.6) is 0 Å². The van der Waals surface area contributed by atoms with Gasteiger partial charge in [0, 0.05) is 13.1 Å². The van der Waals surface area contributed by atoms with E-state index in [2.05, 4.69) is 12.2 Å². The highest BCUT2D eigenvalue weighted by Crippen LogP contribution is 2.23. The zero-order valence-corrected chi connectivity index (χ0v) is 17.8. The van der Waals surface area contributed by atoms with Crippen molar-refractivity contribution in [3.05, 3.63) is 65.2 Å². The Kier molecular flexibility index (Phi) is 8.20. The highest BCUT2D eigenvalue weighted by molar-refractivity contribution is 7.89. The molecular formula is C22H30N2O3S. The Morgan fingerprint density at radius 1 is 1.04 bits per heavy atom. The highest BCUT2D eigenvalue weighted by Gasteiger charge is 2.28. The molecule has 0 unspecified atom stereocenters. The Bertz CT molecular complexity index is 880. The summed E-state index contributed by atoms with van der Waals surface area (Å²) < 4.78 is 28.0. The van der Waals surface area contributed by atoms with Gasteiger partial charge in [0.1, 0.15) is 0 Å². The number of aryl methyl sites for hydroxylation is 2. The molecule has 0 fully saturated rings. The quantitative estimate of drug-likeness (QED) is 0.615. The molecule has 0 saturated heterocycles.